The Bertz CT molecular complexity index is 410. The number of halogens is 2. The standard InChI is InChI=1S/C15H23Br2NS/c1-3-9-18-13(11-10-12(16)19-14(11)17)15(4-2)7-5-6-8-15/h10,13,18H,3-9H2,1-2H3. The number of hydrogen-bond acceptors (Lipinski definition) is 2. The van der Waals surface area contributed by atoms with Gasteiger partial charge in [0.1, 0.15) is 0 Å². The quantitative estimate of drug-likeness (QED) is 0.583. The van der Waals surface area contributed by atoms with Crippen LogP contribution in [0.4, 0.5) is 0 Å². The second-order valence-corrected chi connectivity index (χ2v) is 9.34. The molecule has 1 nitrogen and oxygen atoms in total. The van der Waals surface area contributed by atoms with Crippen LogP contribution < -0.4 is 5.32 Å². The van der Waals surface area contributed by atoms with Crippen molar-refractivity contribution in [2.75, 3.05) is 6.54 Å². The molecule has 0 bridgehead atoms. The number of hydrogen-bond donors (Lipinski definition) is 1. The topological polar surface area (TPSA) is 12.0 Å². The molecule has 1 heterocycles. The molecule has 1 atom stereocenters. The molecule has 1 aromatic rings. The molecule has 19 heavy (non-hydrogen) atoms. The van der Waals surface area contributed by atoms with E-state index in [2.05, 4.69) is 57.1 Å². The SMILES string of the molecule is CCCNC(c1cc(Br)sc1Br)C1(CC)CCCC1. The molecule has 108 valence electrons. The predicted octanol–water partition coefficient (Wildman–Crippen LogP) is 6.28. The molecule has 1 N–H and O–H groups in total. The molecule has 0 amide bonds. The van der Waals surface area contributed by atoms with E-state index in [1.807, 2.05) is 0 Å². The molecule has 1 unspecified atom stereocenters. The van der Waals surface area contributed by atoms with Crippen LogP contribution in [0, 0.1) is 5.41 Å². The predicted molar refractivity (Wildman–Crippen MR) is 91.9 cm³/mol. The fraction of sp³-hybridized carbons (Fsp3) is 0.733. The van der Waals surface area contributed by atoms with Crippen molar-refractivity contribution in [1.29, 1.82) is 0 Å². The van der Waals surface area contributed by atoms with Crippen LogP contribution in [0.2, 0.25) is 0 Å². The molecule has 0 radical (unpaired) electrons. The van der Waals surface area contributed by atoms with Gasteiger partial charge in [-0.05, 0) is 81.1 Å². The summed E-state index contributed by atoms with van der Waals surface area (Å²) in [5, 5.41) is 3.83. The average molecular weight is 409 g/mol. The monoisotopic (exact) mass is 407 g/mol. The molecule has 1 fully saturated rings. The maximum Gasteiger partial charge on any atom is 0.0758 e. The zero-order valence-electron chi connectivity index (χ0n) is 11.8. The van der Waals surface area contributed by atoms with E-state index in [1.54, 1.807) is 11.3 Å². The Kier molecular flexibility index (Phi) is 5.94. The van der Waals surface area contributed by atoms with Gasteiger partial charge in [-0.25, -0.2) is 0 Å². The number of nitrogens with one attached hydrogen (secondary N) is 1. The second kappa shape index (κ2) is 7.06. The lowest BCUT2D eigenvalue weighted by Crippen LogP contribution is -2.36. The van der Waals surface area contributed by atoms with Gasteiger partial charge in [-0.1, -0.05) is 26.7 Å². The highest BCUT2D eigenvalue weighted by molar-refractivity contribution is 9.12. The van der Waals surface area contributed by atoms with Crippen LogP contribution in [0.3, 0.4) is 0 Å². The lowest BCUT2D eigenvalue weighted by molar-refractivity contribution is 0.187. The molecular formula is C15H23Br2NS. The summed E-state index contributed by atoms with van der Waals surface area (Å²) in [5.74, 6) is 0. The third kappa shape index (κ3) is 3.45. The van der Waals surface area contributed by atoms with E-state index >= 15 is 0 Å². The molecular weight excluding hydrogens is 386 g/mol. The Morgan fingerprint density at radius 2 is 2.00 bits per heavy atom. The van der Waals surface area contributed by atoms with Crippen LogP contribution >= 0.6 is 43.2 Å². The minimum absolute atomic E-state index is 0.457. The zero-order valence-corrected chi connectivity index (χ0v) is 15.8. The van der Waals surface area contributed by atoms with E-state index in [0.29, 0.717) is 11.5 Å². The molecule has 0 saturated heterocycles. The highest BCUT2D eigenvalue weighted by Gasteiger charge is 2.41. The lowest BCUT2D eigenvalue weighted by atomic mass is 9.74. The summed E-state index contributed by atoms with van der Waals surface area (Å²) in [4.78, 5) is 0. The van der Waals surface area contributed by atoms with Crippen LogP contribution in [-0.2, 0) is 0 Å². The summed E-state index contributed by atoms with van der Waals surface area (Å²) in [6.45, 7) is 5.71. The summed E-state index contributed by atoms with van der Waals surface area (Å²) in [6.07, 6.45) is 7.98. The third-order valence-electron chi connectivity index (χ3n) is 4.51. The summed E-state index contributed by atoms with van der Waals surface area (Å²) < 4.78 is 2.51. The molecule has 1 aliphatic carbocycles. The minimum atomic E-state index is 0.457. The first-order valence-electron chi connectivity index (χ1n) is 7.31. The van der Waals surface area contributed by atoms with Crippen molar-refractivity contribution >= 4 is 43.2 Å². The van der Waals surface area contributed by atoms with Crippen LogP contribution in [0.25, 0.3) is 0 Å². The van der Waals surface area contributed by atoms with Gasteiger partial charge in [0, 0.05) is 6.04 Å². The van der Waals surface area contributed by atoms with Crippen molar-refractivity contribution in [2.45, 2.75) is 58.4 Å². The van der Waals surface area contributed by atoms with Crippen molar-refractivity contribution < 1.29 is 0 Å². The van der Waals surface area contributed by atoms with E-state index in [1.165, 1.54) is 51.7 Å². The van der Waals surface area contributed by atoms with Gasteiger partial charge in [-0.15, -0.1) is 11.3 Å². The summed E-state index contributed by atoms with van der Waals surface area (Å²) in [6, 6.07) is 2.80. The first-order valence-corrected chi connectivity index (χ1v) is 9.71. The van der Waals surface area contributed by atoms with Crippen LogP contribution in [0.5, 0.6) is 0 Å². The molecule has 2 rings (SSSR count). The van der Waals surface area contributed by atoms with Crippen molar-refractivity contribution in [3.05, 3.63) is 19.2 Å². The van der Waals surface area contributed by atoms with Gasteiger partial charge >= 0.3 is 0 Å². The zero-order chi connectivity index (χ0) is 13.9. The fourth-order valence-corrected chi connectivity index (χ4v) is 6.32. The Labute approximate surface area is 137 Å². The van der Waals surface area contributed by atoms with Crippen molar-refractivity contribution in [2.24, 2.45) is 5.41 Å². The second-order valence-electron chi connectivity index (χ2n) is 5.59. The van der Waals surface area contributed by atoms with Gasteiger partial charge in [-0.3, -0.25) is 0 Å². The van der Waals surface area contributed by atoms with Crippen molar-refractivity contribution in [1.82, 2.24) is 5.32 Å². The summed E-state index contributed by atoms with van der Waals surface area (Å²) in [5.41, 5.74) is 1.91. The molecule has 1 aliphatic rings. The Morgan fingerprint density at radius 3 is 2.47 bits per heavy atom. The smallest absolute Gasteiger partial charge is 0.0758 e. The van der Waals surface area contributed by atoms with E-state index in [-0.39, 0.29) is 0 Å². The summed E-state index contributed by atoms with van der Waals surface area (Å²) in [7, 11) is 0. The highest BCUT2D eigenvalue weighted by atomic mass is 79.9. The molecule has 0 aliphatic heterocycles. The van der Waals surface area contributed by atoms with E-state index < -0.39 is 0 Å². The van der Waals surface area contributed by atoms with Crippen molar-refractivity contribution in [3.63, 3.8) is 0 Å². The van der Waals surface area contributed by atoms with Gasteiger partial charge in [0.05, 0.1) is 7.57 Å². The molecule has 1 aromatic heterocycles. The Hall–Kier alpha value is 0.620. The van der Waals surface area contributed by atoms with E-state index in [9.17, 15) is 0 Å². The van der Waals surface area contributed by atoms with Crippen LogP contribution in [0.1, 0.15) is 64.0 Å². The first-order chi connectivity index (χ1) is 9.13. The number of thiophene rings is 1. The minimum Gasteiger partial charge on any atom is -0.309 e. The summed E-state index contributed by atoms with van der Waals surface area (Å²) >= 11 is 9.18. The van der Waals surface area contributed by atoms with Gasteiger partial charge < -0.3 is 5.32 Å². The maximum absolute atomic E-state index is 3.83. The normalized spacial score (nSPS) is 19.8. The van der Waals surface area contributed by atoms with Gasteiger partial charge in [0.2, 0.25) is 0 Å². The van der Waals surface area contributed by atoms with E-state index in [0.717, 1.165) is 6.54 Å². The van der Waals surface area contributed by atoms with Crippen LogP contribution in [0.15, 0.2) is 13.6 Å². The van der Waals surface area contributed by atoms with Gasteiger partial charge in [-0.2, -0.15) is 0 Å². The Balaban J connectivity index is 2.32. The average Bonchev–Trinajstić information content (AvgIpc) is 2.98. The lowest BCUT2D eigenvalue weighted by Gasteiger charge is -2.38. The van der Waals surface area contributed by atoms with Crippen molar-refractivity contribution in [3.8, 4) is 0 Å². The van der Waals surface area contributed by atoms with Gasteiger partial charge in [0.25, 0.3) is 0 Å². The Morgan fingerprint density at radius 1 is 1.32 bits per heavy atom. The molecule has 4 heteroatoms. The fourth-order valence-electron chi connectivity index (χ4n) is 3.42. The highest BCUT2D eigenvalue weighted by Crippen LogP contribution is 2.52. The molecule has 0 aromatic carbocycles. The van der Waals surface area contributed by atoms with Crippen LogP contribution in [-0.4, -0.2) is 6.54 Å². The number of rotatable bonds is 6. The van der Waals surface area contributed by atoms with E-state index in [4.69, 9.17) is 0 Å². The largest absolute Gasteiger partial charge is 0.309 e. The molecule has 0 spiro atoms. The van der Waals surface area contributed by atoms with Gasteiger partial charge in [0.15, 0.2) is 0 Å². The first kappa shape index (κ1) is 16.0. The molecule has 1 saturated carbocycles. The third-order valence-corrected chi connectivity index (χ3v) is 6.89. The maximum atomic E-state index is 3.83.